The molecule has 0 aromatic carbocycles. The lowest BCUT2D eigenvalue weighted by atomic mass is 9.33. The van der Waals surface area contributed by atoms with Gasteiger partial charge in [0.25, 0.3) is 0 Å². The summed E-state index contributed by atoms with van der Waals surface area (Å²) in [5.74, 6) is -0.615. The van der Waals surface area contributed by atoms with E-state index in [4.69, 9.17) is 37.9 Å². The molecule has 4 saturated heterocycles. The van der Waals surface area contributed by atoms with E-state index in [0.717, 1.165) is 25.7 Å². The largest absolute Gasteiger partial charge is 0.432 e. The van der Waals surface area contributed by atoms with Crippen LogP contribution in [0.1, 0.15) is 113 Å². The van der Waals surface area contributed by atoms with Crippen LogP contribution >= 0.6 is 0 Å². The van der Waals surface area contributed by atoms with Crippen LogP contribution in [-0.4, -0.2) is 222 Å². The minimum absolute atomic E-state index is 0.0319. The standard InChI is InChI=1S/C53H86O22/c1-23-32(57)35(60)39(64)45(70-23)74-42-27(19-54)71-43(41(66)37(42)62)69-21-28-34(59)36(61)40(65)46(72-28)75-47(67)53-16-14-48(2,3)18-25(53)24-8-9-30-49(4)12-11-31(73-44-38(63)33(58)26(56)20-68-44)50(5,22-55)29(49)10-13-52(30,7)51(24,6)15-17-53/h8,23,25-46,54-66H,9-22H2,1-7H3/t23-,25+,26-,27+,28+,29+,30-,31+,32-,33-,34+,35-,36-,37+,38-,39+,40+,41+,42+,43+,44+,45+,46-,49+,50+,51-,52-,53+/m1/s1. The lowest BCUT2D eigenvalue weighted by molar-refractivity contribution is -0.361. The zero-order valence-corrected chi connectivity index (χ0v) is 44.2. The molecule has 0 amide bonds. The van der Waals surface area contributed by atoms with Gasteiger partial charge in [-0.1, -0.05) is 53.2 Å². The Morgan fingerprint density at radius 2 is 1.28 bits per heavy atom. The molecular formula is C53H86O22. The molecule has 9 rings (SSSR count). The predicted octanol–water partition coefficient (Wildman–Crippen LogP) is -1.40. The number of rotatable bonds is 11. The van der Waals surface area contributed by atoms with Gasteiger partial charge in [0.15, 0.2) is 18.9 Å². The fourth-order valence-electron chi connectivity index (χ4n) is 16.1. The molecule has 9 aliphatic rings. The summed E-state index contributed by atoms with van der Waals surface area (Å²) in [6.07, 6.45) is -21.1. The quantitative estimate of drug-likeness (QED) is 0.0643. The number of aliphatic hydroxyl groups is 13. The first kappa shape index (κ1) is 58.1. The van der Waals surface area contributed by atoms with E-state index in [9.17, 15) is 66.4 Å². The highest BCUT2D eigenvalue weighted by molar-refractivity contribution is 5.79. The molecule has 22 heteroatoms. The molecule has 0 bridgehead atoms. The third kappa shape index (κ3) is 9.50. The van der Waals surface area contributed by atoms with E-state index in [2.05, 4.69) is 40.7 Å². The highest BCUT2D eigenvalue weighted by atomic mass is 16.8. The monoisotopic (exact) mass is 1070 g/mol. The number of aliphatic hydroxyl groups excluding tert-OH is 13. The number of allylic oxidation sites excluding steroid dienone is 2. The van der Waals surface area contributed by atoms with E-state index in [0.29, 0.717) is 38.5 Å². The Kier molecular flexibility index (Phi) is 16.3. The first-order valence-electron chi connectivity index (χ1n) is 27.3. The first-order chi connectivity index (χ1) is 35.1. The molecule has 0 aromatic heterocycles. The topological polar surface area (TPSA) is 354 Å². The van der Waals surface area contributed by atoms with Gasteiger partial charge in [-0.05, 0) is 111 Å². The van der Waals surface area contributed by atoms with Crippen molar-refractivity contribution < 1.29 is 109 Å². The number of carbonyl (C=O) groups is 1. The average Bonchev–Trinajstić information content (AvgIpc) is 3.37. The summed E-state index contributed by atoms with van der Waals surface area (Å²) in [6, 6.07) is 0. The van der Waals surface area contributed by atoms with Crippen LogP contribution in [0.5, 0.6) is 0 Å². The van der Waals surface area contributed by atoms with E-state index >= 15 is 4.79 Å². The molecular weight excluding hydrogens is 989 g/mol. The van der Waals surface area contributed by atoms with Crippen molar-refractivity contribution in [1.29, 1.82) is 0 Å². The zero-order valence-electron chi connectivity index (χ0n) is 44.2. The SMILES string of the molecule is C[C@H]1O[C@@H](O[C@@H]2[C@@H](O)[C@H](O)[C@@H](OC[C@@H]3O[C@H](OC(=O)[C@]45CCC(C)(C)C[C@H]4C4=CC[C@@H]6[C@@]7(C)CC[C@H](O[C@@H]8OC[C@@H](O)[C@@H](O)[C@H]8O)[C@@](C)(CO)[C@H]7CC[C@@]6(C)[C@]4(C)CC5)[C@@H](O)[C@H](O)[C@H]3O)O[C@H]2CO)[C@@H](O)[C@H](O)[C@@H]1O. The van der Waals surface area contributed by atoms with Crippen molar-refractivity contribution in [2.45, 2.75) is 235 Å². The molecule has 430 valence electrons. The molecule has 5 aliphatic carbocycles. The van der Waals surface area contributed by atoms with Crippen LogP contribution in [-0.2, 0) is 42.7 Å². The number of carbonyl (C=O) groups excluding carboxylic acids is 1. The summed E-state index contributed by atoms with van der Waals surface area (Å²) >= 11 is 0. The molecule has 4 aliphatic heterocycles. The maximum absolute atomic E-state index is 15.1. The second-order valence-electron chi connectivity index (χ2n) is 25.7. The van der Waals surface area contributed by atoms with E-state index in [-0.39, 0.29) is 52.6 Å². The van der Waals surface area contributed by atoms with Gasteiger partial charge in [0.05, 0.1) is 44.1 Å². The molecule has 8 fully saturated rings. The van der Waals surface area contributed by atoms with Crippen molar-refractivity contribution >= 4 is 5.97 Å². The molecule has 4 heterocycles. The van der Waals surface area contributed by atoms with Crippen molar-refractivity contribution in [3.63, 3.8) is 0 Å². The van der Waals surface area contributed by atoms with E-state index < -0.39 is 153 Å². The molecule has 0 unspecified atom stereocenters. The van der Waals surface area contributed by atoms with Gasteiger partial charge in [-0.15, -0.1) is 0 Å². The molecule has 0 aromatic rings. The third-order valence-electron chi connectivity index (χ3n) is 21.1. The Hall–Kier alpha value is -1.59. The summed E-state index contributed by atoms with van der Waals surface area (Å²) < 4.78 is 47.0. The summed E-state index contributed by atoms with van der Waals surface area (Å²) in [6.45, 7) is 13.2. The smallest absolute Gasteiger partial charge is 0.315 e. The van der Waals surface area contributed by atoms with Gasteiger partial charge in [0.1, 0.15) is 85.5 Å². The third-order valence-corrected chi connectivity index (χ3v) is 21.1. The van der Waals surface area contributed by atoms with Crippen molar-refractivity contribution in [2.75, 3.05) is 26.4 Å². The number of hydrogen-bond donors (Lipinski definition) is 13. The van der Waals surface area contributed by atoms with Crippen molar-refractivity contribution in [3.05, 3.63) is 11.6 Å². The van der Waals surface area contributed by atoms with E-state index in [1.165, 1.54) is 12.5 Å². The lowest BCUT2D eigenvalue weighted by Crippen LogP contribution is -2.67. The Bertz CT molecular complexity index is 2060. The van der Waals surface area contributed by atoms with Gasteiger partial charge in [-0.3, -0.25) is 4.79 Å². The Labute approximate surface area is 437 Å². The second kappa shape index (κ2) is 21.1. The van der Waals surface area contributed by atoms with Crippen molar-refractivity contribution in [1.82, 2.24) is 0 Å². The Balaban J connectivity index is 0.898. The zero-order chi connectivity index (χ0) is 54.7. The number of esters is 1. The molecule has 22 nitrogen and oxygen atoms in total. The summed E-state index contributed by atoms with van der Waals surface area (Å²) in [7, 11) is 0. The van der Waals surface area contributed by atoms with Crippen LogP contribution in [0.3, 0.4) is 0 Å². The normalized spacial score (nSPS) is 54.8. The van der Waals surface area contributed by atoms with Crippen LogP contribution in [0, 0.1) is 50.2 Å². The minimum Gasteiger partial charge on any atom is -0.432 e. The highest BCUT2D eigenvalue weighted by Gasteiger charge is 2.70. The molecule has 0 radical (unpaired) electrons. The second-order valence-corrected chi connectivity index (χ2v) is 25.7. The van der Waals surface area contributed by atoms with Crippen LogP contribution in [0.15, 0.2) is 11.6 Å². The number of fused-ring (bicyclic) bond motifs is 7. The first-order valence-corrected chi connectivity index (χ1v) is 27.3. The molecule has 28 atom stereocenters. The molecule has 4 saturated carbocycles. The summed E-state index contributed by atoms with van der Waals surface area (Å²) in [5.41, 5.74) is -1.46. The molecule has 75 heavy (non-hydrogen) atoms. The van der Waals surface area contributed by atoms with Crippen LogP contribution < -0.4 is 0 Å². The van der Waals surface area contributed by atoms with Crippen LogP contribution in [0.2, 0.25) is 0 Å². The number of hydrogen-bond acceptors (Lipinski definition) is 22. The van der Waals surface area contributed by atoms with Gasteiger partial charge in [-0.2, -0.15) is 0 Å². The summed E-state index contributed by atoms with van der Waals surface area (Å²) in [5, 5.41) is 139. The van der Waals surface area contributed by atoms with Gasteiger partial charge in [-0.25, -0.2) is 0 Å². The fraction of sp³-hybridized carbons (Fsp3) is 0.943. The van der Waals surface area contributed by atoms with Crippen molar-refractivity contribution in [3.8, 4) is 0 Å². The number of ether oxygens (including phenoxy) is 8. The maximum atomic E-state index is 15.1. The minimum atomic E-state index is -1.87. The van der Waals surface area contributed by atoms with E-state index in [1.807, 2.05) is 6.92 Å². The Morgan fingerprint density at radius 3 is 1.97 bits per heavy atom. The van der Waals surface area contributed by atoms with Crippen LogP contribution in [0.25, 0.3) is 0 Å². The van der Waals surface area contributed by atoms with Crippen LogP contribution in [0.4, 0.5) is 0 Å². The van der Waals surface area contributed by atoms with Gasteiger partial charge in [0.2, 0.25) is 6.29 Å². The Morgan fingerprint density at radius 1 is 0.640 bits per heavy atom. The lowest BCUT2D eigenvalue weighted by Gasteiger charge is -2.71. The van der Waals surface area contributed by atoms with Gasteiger partial charge < -0.3 is 104 Å². The van der Waals surface area contributed by atoms with E-state index in [1.54, 1.807) is 0 Å². The van der Waals surface area contributed by atoms with Crippen molar-refractivity contribution in [2.24, 2.45) is 50.2 Å². The highest BCUT2D eigenvalue weighted by Crippen LogP contribution is 2.76. The predicted molar refractivity (Wildman–Crippen MR) is 257 cm³/mol. The molecule has 13 N–H and O–H groups in total. The maximum Gasteiger partial charge on any atom is 0.315 e. The summed E-state index contributed by atoms with van der Waals surface area (Å²) in [4.78, 5) is 15.1. The average molecular weight is 1080 g/mol. The molecule has 0 spiro atoms. The van der Waals surface area contributed by atoms with Gasteiger partial charge >= 0.3 is 5.97 Å². The van der Waals surface area contributed by atoms with Gasteiger partial charge in [0, 0.05) is 5.41 Å². The fourth-order valence-corrected chi connectivity index (χ4v) is 16.1.